The van der Waals surface area contributed by atoms with Crippen LogP contribution in [0.3, 0.4) is 0 Å². The van der Waals surface area contributed by atoms with E-state index in [-0.39, 0.29) is 0 Å². The summed E-state index contributed by atoms with van der Waals surface area (Å²) in [6.45, 7) is 33.3. The summed E-state index contributed by atoms with van der Waals surface area (Å²) in [7, 11) is 0. The van der Waals surface area contributed by atoms with Crippen LogP contribution in [-0.4, -0.2) is 28.7 Å². The maximum absolute atomic E-state index is 2.58. The Bertz CT molecular complexity index is 1400. The predicted octanol–water partition coefficient (Wildman–Crippen LogP) is 12.9. The average molecular weight is 764 g/mol. The van der Waals surface area contributed by atoms with E-state index in [1.54, 1.807) is 42.2 Å². The molecule has 0 spiro atoms. The molecule has 2 aromatic rings. The third-order valence-corrected chi connectivity index (χ3v) is 24.6. The first-order valence-corrected chi connectivity index (χ1v) is 26.5. The molecule has 2 heteroatoms. The van der Waals surface area contributed by atoms with E-state index in [1.165, 1.54) is 21.6 Å². The fourth-order valence-electron chi connectivity index (χ4n) is 7.60. The molecule has 48 heavy (non-hydrogen) atoms. The van der Waals surface area contributed by atoms with Crippen LogP contribution in [0, 0.1) is 0 Å². The second kappa shape index (κ2) is 17.0. The van der Waals surface area contributed by atoms with Crippen LogP contribution in [0.1, 0.15) is 166 Å². The molecule has 0 aromatic heterocycles. The second-order valence-electron chi connectivity index (χ2n) is 16.7. The first kappa shape index (κ1) is 39.0. The number of allylic oxidation sites excluding steroid dienone is 10. The number of benzene rings is 2. The van der Waals surface area contributed by atoms with Gasteiger partial charge < -0.3 is 0 Å². The van der Waals surface area contributed by atoms with Crippen LogP contribution < -0.4 is 8.79 Å². The van der Waals surface area contributed by atoms with E-state index in [2.05, 4.69) is 170 Å². The summed E-state index contributed by atoms with van der Waals surface area (Å²) in [4.78, 5) is 0. The van der Waals surface area contributed by atoms with Crippen molar-refractivity contribution in [2.75, 3.05) is 0 Å². The summed E-state index contributed by atoms with van der Waals surface area (Å²) < 4.78 is 4.94. The van der Waals surface area contributed by atoms with Crippen molar-refractivity contribution in [3.05, 3.63) is 117 Å². The molecular formula is C46H66Ge2. The zero-order chi connectivity index (χ0) is 35.4. The number of hydrogen-bond donors (Lipinski definition) is 0. The average Bonchev–Trinajstić information content (AvgIpc) is 3.81. The number of hydrogen-bond acceptors (Lipinski definition) is 0. The van der Waals surface area contributed by atoms with Gasteiger partial charge in [0.05, 0.1) is 0 Å². The Morgan fingerprint density at radius 2 is 0.792 bits per heavy atom. The quantitative estimate of drug-likeness (QED) is 0.167. The van der Waals surface area contributed by atoms with Gasteiger partial charge in [0, 0.05) is 0 Å². The molecular weight excluding hydrogens is 698 g/mol. The molecule has 0 atom stereocenters. The van der Waals surface area contributed by atoms with Crippen molar-refractivity contribution < 1.29 is 0 Å². The summed E-state index contributed by atoms with van der Waals surface area (Å²) in [6, 6.07) is 10.3. The molecule has 0 N–H and O–H groups in total. The first-order valence-electron chi connectivity index (χ1n) is 19.0. The molecule has 1 heterocycles. The van der Waals surface area contributed by atoms with Crippen molar-refractivity contribution >= 4 is 37.5 Å². The van der Waals surface area contributed by atoms with Crippen LogP contribution in [0.25, 0.3) is 0 Å². The molecule has 0 nitrogen and oxygen atoms in total. The summed E-state index contributed by atoms with van der Waals surface area (Å²) in [5, 5.41) is 2.95. The van der Waals surface area contributed by atoms with E-state index in [1.807, 2.05) is 0 Å². The van der Waals surface area contributed by atoms with Gasteiger partial charge in [-0.15, -0.1) is 0 Å². The molecule has 2 radical (unpaired) electrons. The molecule has 0 saturated carbocycles. The SMILES string of the molecule is CC(C)c1cc(C(C)C)[c]([Ge]([c]2c(C(C)C)cc(C(C)C)cc2C(C)C)[CH]2C=CC=C2)c(C(C)C)c1.CC1=C(C)[CH2][Ge]([CH]2C=CC=C2)[CH2]1. The molecule has 0 saturated heterocycles. The van der Waals surface area contributed by atoms with Crippen LogP contribution in [-0.2, 0) is 0 Å². The Kier molecular flexibility index (Phi) is 13.8. The minimum atomic E-state index is -2.06. The van der Waals surface area contributed by atoms with Gasteiger partial charge in [-0.2, -0.15) is 0 Å². The number of rotatable bonds is 10. The van der Waals surface area contributed by atoms with E-state index in [4.69, 9.17) is 0 Å². The summed E-state index contributed by atoms with van der Waals surface area (Å²) in [6.07, 6.45) is 18.9. The Morgan fingerprint density at radius 3 is 1.08 bits per heavy atom. The van der Waals surface area contributed by atoms with Crippen LogP contribution >= 0.6 is 0 Å². The molecule has 2 aliphatic carbocycles. The standard InChI is InChI=1S/C35H51Ge.C11H15Ge/c1-21(2)27-17-30(23(5)6)34(31(18-27)24(7)8)36(29-15-13-14-16-29)35-32(25(9)10)19-28(22(3)4)20-33(35)26(11)12;1-9-7-12(8-10(9)2)11-5-3-4-6-11/h13-26,29H,1-12H3;3-6,11H,7-8H2,1-2H3. The van der Waals surface area contributed by atoms with Gasteiger partial charge in [0.2, 0.25) is 0 Å². The summed E-state index contributed by atoms with van der Waals surface area (Å²) >= 11 is -2.83. The van der Waals surface area contributed by atoms with Gasteiger partial charge in [0.15, 0.2) is 0 Å². The third kappa shape index (κ3) is 8.92. The van der Waals surface area contributed by atoms with Crippen LogP contribution in [0.15, 0.2) is 84.0 Å². The van der Waals surface area contributed by atoms with Crippen molar-refractivity contribution in [1.82, 2.24) is 0 Å². The molecule has 0 amide bonds. The van der Waals surface area contributed by atoms with Gasteiger partial charge in [-0.3, -0.25) is 0 Å². The molecule has 258 valence electrons. The van der Waals surface area contributed by atoms with Crippen LogP contribution in [0.5, 0.6) is 0 Å². The molecule has 3 aliphatic rings. The van der Waals surface area contributed by atoms with Crippen molar-refractivity contribution in [1.29, 1.82) is 0 Å². The van der Waals surface area contributed by atoms with Crippen molar-refractivity contribution in [2.24, 2.45) is 0 Å². The van der Waals surface area contributed by atoms with Crippen molar-refractivity contribution in [3.8, 4) is 0 Å². The van der Waals surface area contributed by atoms with Crippen molar-refractivity contribution in [3.63, 3.8) is 0 Å². The van der Waals surface area contributed by atoms with Crippen LogP contribution in [0.2, 0.25) is 20.0 Å². The molecule has 1 aliphatic heterocycles. The topological polar surface area (TPSA) is 0 Å². The Morgan fingerprint density at radius 1 is 0.479 bits per heavy atom. The third-order valence-electron chi connectivity index (χ3n) is 10.8. The van der Waals surface area contributed by atoms with Gasteiger partial charge >= 0.3 is 307 Å². The predicted molar refractivity (Wildman–Crippen MR) is 220 cm³/mol. The van der Waals surface area contributed by atoms with E-state index >= 15 is 0 Å². The van der Waals surface area contributed by atoms with Crippen LogP contribution in [0.4, 0.5) is 0 Å². The Hall–Kier alpha value is -1.77. The molecule has 5 rings (SSSR count). The fraction of sp³-hybridized carbons (Fsp3) is 0.522. The molecule has 2 aromatic carbocycles. The van der Waals surface area contributed by atoms with Gasteiger partial charge in [-0.05, 0) is 0 Å². The molecule has 0 unspecified atom stereocenters. The molecule has 0 bridgehead atoms. The van der Waals surface area contributed by atoms with Gasteiger partial charge in [0.1, 0.15) is 0 Å². The van der Waals surface area contributed by atoms with Gasteiger partial charge in [0.25, 0.3) is 0 Å². The van der Waals surface area contributed by atoms with Crippen molar-refractivity contribution in [2.45, 2.75) is 152 Å². The monoisotopic (exact) mass is 766 g/mol. The minimum absolute atomic E-state index is 0.521. The Labute approximate surface area is 305 Å². The normalized spacial score (nSPS) is 17.0. The summed E-state index contributed by atoms with van der Waals surface area (Å²) in [5.74, 6) is 3.18. The van der Waals surface area contributed by atoms with E-state index in [9.17, 15) is 0 Å². The Balaban J connectivity index is 0.000000360. The van der Waals surface area contributed by atoms with E-state index in [0.29, 0.717) is 40.3 Å². The van der Waals surface area contributed by atoms with E-state index in [0.717, 1.165) is 4.75 Å². The van der Waals surface area contributed by atoms with Gasteiger partial charge in [-0.25, -0.2) is 0 Å². The first-order chi connectivity index (χ1) is 22.6. The second-order valence-corrected chi connectivity index (χ2v) is 27.5. The van der Waals surface area contributed by atoms with E-state index < -0.39 is 28.7 Å². The summed E-state index contributed by atoms with van der Waals surface area (Å²) in [5.41, 5.74) is 12.9. The maximum atomic E-state index is 2.58. The zero-order valence-corrected chi connectivity index (χ0v) is 37.2. The zero-order valence-electron chi connectivity index (χ0n) is 33.0. The molecule has 0 fully saturated rings. The fourth-order valence-corrected chi connectivity index (χ4v) is 23.4. The van der Waals surface area contributed by atoms with Gasteiger partial charge in [-0.1, -0.05) is 0 Å².